The Kier molecular flexibility index (Phi) is 3.97. The fraction of sp³-hybridized carbons (Fsp3) is 0.231. The lowest BCUT2D eigenvalue weighted by atomic mass is 10.2. The van der Waals surface area contributed by atoms with E-state index in [1.807, 2.05) is 7.05 Å². The second kappa shape index (κ2) is 5.29. The number of thiophene rings is 1. The van der Waals surface area contributed by atoms with E-state index in [-0.39, 0.29) is 5.82 Å². The van der Waals surface area contributed by atoms with Crippen molar-refractivity contribution in [1.82, 2.24) is 5.32 Å². The maximum absolute atomic E-state index is 13.0. The first-order valence-electron chi connectivity index (χ1n) is 5.34. The molecule has 0 aliphatic heterocycles. The topological polar surface area (TPSA) is 12.0 Å². The van der Waals surface area contributed by atoms with E-state index in [0.717, 1.165) is 14.9 Å². The van der Waals surface area contributed by atoms with Gasteiger partial charge in [-0.1, -0.05) is 15.9 Å². The molecule has 4 heteroatoms. The third-order valence-corrected chi connectivity index (χ3v) is 4.64. The SMILES string of the molecule is CNC(C)c1ccc(-c2ccc(F)cc2Br)s1. The van der Waals surface area contributed by atoms with Crippen LogP contribution in [0.2, 0.25) is 0 Å². The normalized spacial score (nSPS) is 12.7. The summed E-state index contributed by atoms with van der Waals surface area (Å²) in [5.41, 5.74) is 1.03. The highest BCUT2D eigenvalue weighted by Gasteiger charge is 2.10. The minimum absolute atomic E-state index is 0.221. The Morgan fingerprint density at radius 3 is 2.71 bits per heavy atom. The Morgan fingerprint density at radius 1 is 1.29 bits per heavy atom. The van der Waals surface area contributed by atoms with E-state index in [0.29, 0.717) is 6.04 Å². The monoisotopic (exact) mass is 313 g/mol. The van der Waals surface area contributed by atoms with E-state index in [1.54, 1.807) is 17.4 Å². The minimum Gasteiger partial charge on any atom is -0.313 e. The number of rotatable bonds is 3. The van der Waals surface area contributed by atoms with E-state index in [4.69, 9.17) is 0 Å². The summed E-state index contributed by atoms with van der Waals surface area (Å²) in [5, 5.41) is 3.21. The largest absolute Gasteiger partial charge is 0.313 e. The van der Waals surface area contributed by atoms with Gasteiger partial charge in [-0.2, -0.15) is 0 Å². The fourth-order valence-electron chi connectivity index (χ4n) is 1.56. The molecule has 0 aliphatic rings. The molecule has 90 valence electrons. The molecule has 0 radical (unpaired) electrons. The number of hydrogen-bond acceptors (Lipinski definition) is 2. The lowest BCUT2D eigenvalue weighted by Crippen LogP contribution is -2.10. The maximum Gasteiger partial charge on any atom is 0.124 e. The van der Waals surface area contributed by atoms with Gasteiger partial charge in [0.2, 0.25) is 0 Å². The van der Waals surface area contributed by atoms with Gasteiger partial charge >= 0.3 is 0 Å². The third-order valence-electron chi connectivity index (χ3n) is 2.68. The molecule has 2 rings (SSSR count). The van der Waals surface area contributed by atoms with Crippen LogP contribution in [-0.2, 0) is 0 Å². The Morgan fingerprint density at radius 2 is 2.06 bits per heavy atom. The first-order chi connectivity index (χ1) is 8.11. The fourth-order valence-corrected chi connectivity index (χ4v) is 3.37. The minimum atomic E-state index is -0.221. The van der Waals surface area contributed by atoms with Crippen LogP contribution in [0, 0.1) is 5.82 Å². The molecular weight excluding hydrogens is 301 g/mol. The van der Waals surface area contributed by atoms with Crippen molar-refractivity contribution in [2.75, 3.05) is 7.05 Å². The molecule has 1 heterocycles. The van der Waals surface area contributed by atoms with Crippen LogP contribution in [0.1, 0.15) is 17.8 Å². The maximum atomic E-state index is 13.0. The van der Waals surface area contributed by atoms with Gasteiger partial charge in [0.1, 0.15) is 5.82 Å². The van der Waals surface area contributed by atoms with Crippen molar-refractivity contribution in [1.29, 1.82) is 0 Å². The Labute approximate surface area is 113 Å². The van der Waals surface area contributed by atoms with Gasteiger partial charge in [0.05, 0.1) is 0 Å². The average Bonchev–Trinajstić information content (AvgIpc) is 2.77. The molecule has 0 spiro atoms. The van der Waals surface area contributed by atoms with Crippen LogP contribution in [0.3, 0.4) is 0 Å². The van der Waals surface area contributed by atoms with E-state index in [2.05, 4.69) is 40.3 Å². The summed E-state index contributed by atoms with van der Waals surface area (Å²) in [4.78, 5) is 2.42. The van der Waals surface area contributed by atoms with Crippen molar-refractivity contribution in [3.05, 3.63) is 45.5 Å². The van der Waals surface area contributed by atoms with Crippen molar-refractivity contribution in [3.63, 3.8) is 0 Å². The second-order valence-electron chi connectivity index (χ2n) is 3.84. The Hall–Kier alpha value is -0.710. The van der Waals surface area contributed by atoms with E-state index < -0.39 is 0 Å². The lowest BCUT2D eigenvalue weighted by molar-refractivity contribution is 0.627. The molecule has 0 aliphatic carbocycles. The first kappa shape index (κ1) is 12.7. The summed E-state index contributed by atoms with van der Waals surface area (Å²) in [6, 6.07) is 9.31. The van der Waals surface area contributed by atoms with Gasteiger partial charge in [-0.3, -0.25) is 0 Å². The molecule has 0 bridgehead atoms. The third kappa shape index (κ3) is 2.76. The van der Waals surface area contributed by atoms with Crippen LogP contribution in [0.5, 0.6) is 0 Å². The molecule has 0 fully saturated rings. The molecule has 1 N–H and O–H groups in total. The molecule has 1 nitrogen and oxygen atoms in total. The average molecular weight is 314 g/mol. The molecule has 1 unspecified atom stereocenters. The summed E-state index contributed by atoms with van der Waals surface area (Å²) >= 11 is 5.12. The highest BCUT2D eigenvalue weighted by molar-refractivity contribution is 9.10. The van der Waals surface area contributed by atoms with Crippen molar-refractivity contribution in [2.24, 2.45) is 0 Å². The quantitative estimate of drug-likeness (QED) is 0.873. The molecule has 1 aromatic carbocycles. The zero-order chi connectivity index (χ0) is 12.4. The van der Waals surface area contributed by atoms with Crippen LogP contribution in [0.4, 0.5) is 4.39 Å². The highest BCUT2D eigenvalue weighted by Crippen LogP contribution is 2.35. The number of hydrogen-bond donors (Lipinski definition) is 1. The van der Waals surface area contributed by atoms with Gasteiger partial charge in [0.15, 0.2) is 0 Å². The van der Waals surface area contributed by atoms with E-state index >= 15 is 0 Å². The standard InChI is InChI=1S/C13H13BrFNS/c1-8(16-2)12-5-6-13(17-12)10-4-3-9(15)7-11(10)14/h3-8,16H,1-2H3. The van der Waals surface area contributed by atoms with Crippen LogP contribution in [0.15, 0.2) is 34.8 Å². The summed E-state index contributed by atoms with van der Waals surface area (Å²) < 4.78 is 13.8. The molecular formula is C13H13BrFNS. The molecule has 0 saturated heterocycles. The predicted octanol–water partition coefficient (Wildman–Crippen LogP) is 4.60. The highest BCUT2D eigenvalue weighted by atomic mass is 79.9. The number of benzene rings is 1. The smallest absolute Gasteiger partial charge is 0.124 e. The van der Waals surface area contributed by atoms with E-state index in [1.165, 1.54) is 17.0 Å². The summed E-state index contributed by atoms with van der Waals surface area (Å²) in [5.74, 6) is -0.221. The van der Waals surface area contributed by atoms with Gasteiger partial charge < -0.3 is 5.32 Å². The van der Waals surface area contributed by atoms with Gasteiger partial charge in [-0.15, -0.1) is 11.3 Å². The zero-order valence-corrected chi connectivity index (χ0v) is 12.0. The van der Waals surface area contributed by atoms with Gasteiger partial charge in [-0.05, 0) is 44.3 Å². The van der Waals surface area contributed by atoms with Crippen LogP contribution >= 0.6 is 27.3 Å². The molecule has 2 aromatic rings. The van der Waals surface area contributed by atoms with Crippen LogP contribution < -0.4 is 5.32 Å². The molecule has 17 heavy (non-hydrogen) atoms. The zero-order valence-electron chi connectivity index (χ0n) is 9.63. The Bertz CT molecular complexity index is 524. The van der Waals surface area contributed by atoms with Crippen molar-refractivity contribution < 1.29 is 4.39 Å². The number of halogens is 2. The van der Waals surface area contributed by atoms with Crippen molar-refractivity contribution in [2.45, 2.75) is 13.0 Å². The second-order valence-corrected chi connectivity index (χ2v) is 5.81. The molecule has 1 atom stereocenters. The predicted molar refractivity (Wildman–Crippen MR) is 74.9 cm³/mol. The van der Waals surface area contributed by atoms with Crippen LogP contribution in [0.25, 0.3) is 10.4 Å². The summed E-state index contributed by atoms with van der Waals surface area (Å²) in [7, 11) is 1.94. The first-order valence-corrected chi connectivity index (χ1v) is 6.95. The molecule has 0 amide bonds. The lowest BCUT2D eigenvalue weighted by Gasteiger charge is -2.06. The Balaban J connectivity index is 2.37. The number of nitrogens with one attached hydrogen (secondary N) is 1. The van der Waals surface area contributed by atoms with Crippen molar-refractivity contribution in [3.8, 4) is 10.4 Å². The summed E-state index contributed by atoms with van der Waals surface area (Å²) in [6.45, 7) is 2.12. The molecule has 0 saturated carbocycles. The van der Waals surface area contributed by atoms with Crippen molar-refractivity contribution >= 4 is 27.3 Å². The van der Waals surface area contributed by atoms with Gasteiger partial charge in [0, 0.05) is 25.8 Å². The van der Waals surface area contributed by atoms with Crippen LogP contribution in [-0.4, -0.2) is 7.05 Å². The van der Waals surface area contributed by atoms with Gasteiger partial charge in [-0.25, -0.2) is 4.39 Å². The summed E-state index contributed by atoms with van der Waals surface area (Å²) in [6.07, 6.45) is 0. The molecule has 1 aromatic heterocycles. The van der Waals surface area contributed by atoms with Gasteiger partial charge in [0.25, 0.3) is 0 Å². The van der Waals surface area contributed by atoms with E-state index in [9.17, 15) is 4.39 Å².